The van der Waals surface area contributed by atoms with E-state index in [0.717, 1.165) is 0 Å². The molecule has 60 valence electrons. The van der Waals surface area contributed by atoms with Crippen LogP contribution >= 0.6 is 11.6 Å². The molecule has 2 N–H and O–H groups in total. The summed E-state index contributed by atoms with van der Waals surface area (Å²) in [6.07, 6.45) is -0.378. The van der Waals surface area contributed by atoms with Crippen LogP contribution in [0.15, 0.2) is 30.3 Å². The first-order valence-corrected chi connectivity index (χ1v) is 3.55. The van der Waals surface area contributed by atoms with Crippen molar-refractivity contribution in [3.05, 3.63) is 35.4 Å². The Balaban J connectivity index is 3.12. The number of pyridine rings is 1. The minimum Gasteiger partial charge on any atom is -0.398 e. The van der Waals surface area contributed by atoms with Gasteiger partial charge in [0.2, 0.25) is 0 Å². The molecule has 0 aliphatic carbocycles. The molecule has 0 saturated carbocycles. The molecule has 0 atom stereocenters. The third-order valence-corrected chi connectivity index (χ3v) is 1.58. The molecule has 1 aromatic heterocycles. The van der Waals surface area contributed by atoms with Gasteiger partial charge in [-0.2, -0.15) is 0 Å². The maximum Gasteiger partial charge on any atom is 0.0841 e. The van der Waals surface area contributed by atoms with E-state index in [-0.39, 0.29) is 52.0 Å². The molecular formula is C9H7ClN2. The van der Waals surface area contributed by atoms with Crippen molar-refractivity contribution in [3.8, 4) is 0 Å². The second kappa shape index (κ2) is 2.64. The number of hydrogen-bond acceptors (Lipinski definition) is 2. The Hall–Kier alpha value is -1.28. The van der Waals surface area contributed by atoms with E-state index in [1.54, 1.807) is 0 Å². The first kappa shape index (κ1) is 3.62. The maximum atomic E-state index is 7.71. The summed E-state index contributed by atoms with van der Waals surface area (Å²) >= 11 is 5.72. The smallest absolute Gasteiger partial charge is 0.0841 e. The Morgan fingerprint density at radius 2 is 2.25 bits per heavy atom. The van der Waals surface area contributed by atoms with E-state index in [1.165, 1.54) is 0 Å². The van der Waals surface area contributed by atoms with Gasteiger partial charge in [0.05, 0.1) is 12.4 Å². The second-order valence-electron chi connectivity index (χ2n) is 2.17. The van der Waals surface area contributed by atoms with E-state index in [1.807, 2.05) is 0 Å². The van der Waals surface area contributed by atoms with Crippen molar-refractivity contribution in [2.45, 2.75) is 0 Å². The van der Waals surface area contributed by atoms with Crippen LogP contribution in [0.1, 0.15) is 6.85 Å². The molecule has 2 aromatic rings. The van der Waals surface area contributed by atoms with Gasteiger partial charge >= 0.3 is 0 Å². The van der Waals surface area contributed by atoms with Crippen LogP contribution in [0.2, 0.25) is 5.02 Å². The topological polar surface area (TPSA) is 38.9 Å². The predicted octanol–water partition coefficient (Wildman–Crippen LogP) is 2.47. The highest BCUT2D eigenvalue weighted by atomic mass is 35.5. The third-order valence-electron chi connectivity index (χ3n) is 1.39. The Bertz CT molecular complexity index is 635. The van der Waals surface area contributed by atoms with E-state index < -0.39 is 0 Å². The fourth-order valence-electron chi connectivity index (χ4n) is 0.860. The van der Waals surface area contributed by atoms with E-state index in [9.17, 15) is 0 Å². The minimum atomic E-state index is -0.378. The lowest BCUT2D eigenvalue weighted by atomic mass is 10.2. The molecule has 0 radical (unpaired) electrons. The average molecular weight is 184 g/mol. The van der Waals surface area contributed by atoms with Gasteiger partial charge in [-0.1, -0.05) is 11.6 Å². The van der Waals surface area contributed by atoms with E-state index in [2.05, 4.69) is 4.98 Å². The number of nitrogens with two attached hydrogens (primary N) is 1. The van der Waals surface area contributed by atoms with Crippen molar-refractivity contribution in [2.75, 3.05) is 5.73 Å². The number of hydrogen-bond donors (Lipinski definition) is 1. The molecule has 0 spiro atoms. The Morgan fingerprint density at radius 3 is 3.08 bits per heavy atom. The number of nitrogen functional groups attached to an aromatic ring is 1. The lowest BCUT2D eigenvalue weighted by Gasteiger charge is -1.99. The van der Waals surface area contributed by atoms with Gasteiger partial charge in [0.1, 0.15) is 0 Å². The van der Waals surface area contributed by atoms with Crippen molar-refractivity contribution in [3.63, 3.8) is 0 Å². The van der Waals surface area contributed by atoms with Crippen LogP contribution in [0.3, 0.4) is 0 Å². The van der Waals surface area contributed by atoms with Crippen LogP contribution in [0.5, 0.6) is 0 Å². The van der Waals surface area contributed by atoms with Crippen molar-refractivity contribution < 1.29 is 6.85 Å². The number of aromatic nitrogens is 1. The van der Waals surface area contributed by atoms with Gasteiger partial charge in [0.15, 0.2) is 0 Å². The molecule has 1 aromatic carbocycles. The van der Waals surface area contributed by atoms with Gasteiger partial charge in [-0.15, -0.1) is 0 Å². The van der Waals surface area contributed by atoms with Gasteiger partial charge in [-0.3, -0.25) is 4.98 Å². The number of fused-ring (bicyclic) bond motifs is 1. The van der Waals surface area contributed by atoms with E-state index in [0.29, 0.717) is 0 Å². The first-order chi connectivity index (χ1) is 7.86. The fourth-order valence-corrected chi connectivity index (χ4v) is 0.996. The van der Waals surface area contributed by atoms with Gasteiger partial charge in [-0.25, -0.2) is 0 Å². The van der Waals surface area contributed by atoms with Crippen molar-refractivity contribution in [1.82, 2.24) is 4.98 Å². The molecule has 0 unspecified atom stereocenters. The van der Waals surface area contributed by atoms with E-state index >= 15 is 0 Å². The zero-order valence-electron chi connectivity index (χ0n) is 10.9. The van der Waals surface area contributed by atoms with Crippen LogP contribution in [-0.4, -0.2) is 4.98 Å². The third kappa shape index (κ3) is 1.10. The molecule has 0 amide bonds. The standard InChI is InChI=1S/C9H7ClN2/c10-6-1-2-7-8(11)3-4-12-9(7)5-6/h1-5H,(H2,11,12)/i1D,2D,3D,4D,5D. The summed E-state index contributed by atoms with van der Waals surface area (Å²) in [7, 11) is 0. The zero-order valence-corrected chi connectivity index (χ0v) is 6.66. The average Bonchev–Trinajstić information content (AvgIpc) is 2.30. The normalized spacial score (nSPS) is 16.2. The SMILES string of the molecule is [2H]c1nc2c([2H])c(Cl)c([2H])c([2H])c2c(N)c1[2H]. The summed E-state index contributed by atoms with van der Waals surface area (Å²) in [5, 5.41) is -0.170. The summed E-state index contributed by atoms with van der Waals surface area (Å²) in [5.74, 6) is 0. The number of benzene rings is 1. The second-order valence-corrected chi connectivity index (χ2v) is 2.55. The summed E-state index contributed by atoms with van der Waals surface area (Å²) < 4.78 is 37.9. The quantitative estimate of drug-likeness (QED) is 0.682. The monoisotopic (exact) mass is 183 g/mol. The summed E-state index contributed by atoms with van der Waals surface area (Å²) in [6.45, 7) is 0. The molecule has 3 heteroatoms. The van der Waals surface area contributed by atoms with Crippen molar-refractivity contribution in [1.29, 1.82) is 0 Å². The summed E-state index contributed by atoms with van der Waals surface area (Å²) in [4.78, 5) is 3.72. The highest BCUT2D eigenvalue weighted by Gasteiger charge is 1.97. The van der Waals surface area contributed by atoms with Crippen molar-refractivity contribution >= 4 is 28.2 Å². The Morgan fingerprint density at radius 1 is 1.42 bits per heavy atom. The van der Waals surface area contributed by atoms with E-state index in [4.69, 9.17) is 24.2 Å². The van der Waals surface area contributed by atoms with Crippen molar-refractivity contribution in [2.24, 2.45) is 0 Å². The fraction of sp³-hybridized carbons (Fsp3) is 0. The van der Waals surface area contributed by atoms with Crippen LogP contribution in [0.25, 0.3) is 10.9 Å². The summed E-state index contributed by atoms with van der Waals surface area (Å²) in [5.41, 5.74) is 5.49. The van der Waals surface area contributed by atoms with Crippen LogP contribution in [-0.2, 0) is 0 Å². The van der Waals surface area contributed by atoms with Gasteiger partial charge in [-0.05, 0) is 24.2 Å². The molecule has 12 heavy (non-hydrogen) atoms. The van der Waals surface area contributed by atoms with Gasteiger partial charge in [0, 0.05) is 22.3 Å². The number of halogens is 1. The molecule has 0 fully saturated rings. The predicted molar refractivity (Wildman–Crippen MR) is 51.2 cm³/mol. The molecule has 0 aliphatic rings. The lowest BCUT2D eigenvalue weighted by Crippen LogP contribution is -1.87. The number of anilines is 1. The zero-order chi connectivity index (χ0) is 12.9. The van der Waals surface area contributed by atoms with Gasteiger partial charge < -0.3 is 5.73 Å². The molecule has 0 aliphatic heterocycles. The first-order valence-electron chi connectivity index (χ1n) is 5.67. The number of rotatable bonds is 0. The minimum absolute atomic E-state index is 0.0190. The van der Waals surface area contributed by atoms with Crippen LogP contribution in [0.4, 0.5) is 5.69 Å². The highest BCUT2D eigenvalue weighted by molar-refractivity contribution is 6.31. The summed E-state index contributed by atoms with van der Waals surface area (Å²) in [6, 6.07) is -1.16. The Labute approximate surface area is 82.0 Å². The number of nitrogens with zero attached hydrogens (tertiary/aromatic N) is 1. The largest absolute Gasteiger partial charge is 0.398 e. The molecule has 2 rings (SSSR count). The van der Waals surface area contributed by atoms with Gasteiger partial charge in [0.25, 0.3) is 0 Å². The highest BCUT2D eigenvalue weighted by Crippen LogP contribution is 2.21. The molecule has 0 bridgehead atoms. The molecule has 0 saturated heterocycles. The van der Waals surface area contributed by atoms with Crippen LogP contribution < -0.4 is 5.73 Å². The molecular weight excluding hydrogens is 172 g/mol. The maximum absolute atomic E-state index is 7.71. The Kier molecular flexibility index (Phi) is 0.798. The molecule has 2 nitrogen and oxygen atoms in total. The van der Waals surface area contributed by atoms with Crippen LogP contribution in [0, 0.1) is 0 Å². The molecule has 1 heterocycles. The lowest BCUT2D eigenvalue weighted by molar-refractivity contribution is 1.41.